The van der Waals surface area contributed by atoms with Gasteiger partial charge in [-0.05, 0) is 18.6 Å². The van der Waals surface area contributed by atoms with Crippen LogP contribution in [0.1, 0.15) is 5.56 Å². The number of aryl methyl sites for hydroxylation is 1. The lowest BCUT2D eigenvalue weighted by Gasteiger charge is -2.12. The molecule has 3 nitrogen and oxygen atoms in total. The Labute approximate surface area is 59.4 Å². The van der Waals surface area contributed by atoms with Crippen molar-refractivity contribution in [2.24, 2.45) is 0 Å². The number of nitrogens with two attached hydrogens (primary N) is 1. The average Bonchev–Trinajstić information content (AvgIpc) is 1.95. The first-order chi connectivity index (χ1) is 4.75. The molecule has 0 spiro atoms. The van der Waals surface area contributed by atoms with Crippen molar-refractivity contribution in [2.75, 3.05) is 11.2 Å². The molecule has 0 heterocycles. The van der Waals surface area contributed by atoms with E-state index in [2.05, 4.69) is 0 Å². The largest absolute Gasteiger partial charge is 0.761 e. The Balaban J connectivity index is 3.14. The zero-order valence-electron chi connectivity index (χ0n) is 5.72. The first-order valence-electron chi connectivity index (χ1n) is 2.99. The lowest BCUT2D eigenvalue weighted by atomic mass is 10.2. The number of hydrogen-bond donors (Lipinski definition) is 2. The van der Waals surface area contributed by atoms with Gasteiger partial charge in [0, 0.05) is 5.69 Å². The van der Waals surface area contributed by atoms with Crippen molar-refractivity contribution in [2.45, 2.75) is 6.92 Å². The van der Waals surface area contributed by atoms with Gasteiger partial charge in [-0.1, -0.05) is 12.1 Å². The summed E-state index contributed by atoms with van der Waals surface area (Å²) in [6, 6.07) is 5.29. The molecule has 0 bridgehead atoms. The van der Waals surface area contributed by atoms with Crippen molar-refractivity contribution in [3.63, 3.8) is 0 Å². The lowest BCUT2D eigenvalue weighted by molar-refractivity contribution is 1.46. The Morgan fingerprint density at radius 2 is 2.20 bits per heavy atom. The Kier molecular flexibility index (Phi) is 1.78. The van der Waals surface area contributed by atoms with Crippen LogP contribution in [-0.4, -0.2) is 0 Å². The first kappa shape index (κ1) is 6.89. The molecule has 1 aromatic rings. The molecule has 0 saturated carbocycles. The topological polar surface area (TPSA) is 61.1 Å². The number of hydrogen-bond acceptors (Lipinski definition) is 3. The molecule has 1 aromatic carbocycles. The van der Waals surface area contributed by atoms with Crippen LogP contribution < -0.4 is 11.2 Å². The van der Waals surface area contributed by atoms with E-state index in [1.807, 2.05) is 13.0 Å². The summed E-state index contributed by atoms with van der Waals surface area (Å²) in [6.07, 6.45) is 0. The van der Waals surface area contributed by atoms with E-state index in [-0.39, 0.29) is 0 Å². The second-order valence-corrected chi connectivity index (χ2v) is 2.14. The molecule has 0 aliphatic heterocycles. The molecule has 3 heteroatoms. The monoisotopic (exact) mass is 137 g/mol. The minimum atomic E-state index is 0.444. The van der Waals surface area contributed by atoms with E-state index in [1.54, 1.807) is 17.6 Å². The van der Waals surface area contributed by atoms with Crippen LogP contribution in [0, 0.1) is 12.1 Å². The van der Waals surface area contributed by atoms with Crippen molar-refractivity contribution in [3.8, 4) is 0 Å². The summed E-state index contributed by atoms with van der Waals surface area (Å²) in [5.74, 6) is 0. The maximum Gasteiger partial charge on any atom is 0.0571 e. The van der Waals surface area contributed by atoms with Gasteiger partial charge < -0.3 is 16.4 Å². The molecule has 54 valence electrons. The molecule has 0 aromatic heterocycles. The van der Waals surface area contributed by atoms with Gasteiger partial charge in [0.05, 0.1) is 5.69 Å². The van der Waals surface area contributed by atoms with E-state index in [4.69, 9.17) is 5.73 Å². The summed E-state index contributed by atoms with van der Waals surface area (Å²) >= 11 is 0. The highest BCUT2D eigenvalue weighted by atomic mass is 16.5. The fourth-order valence-electron chi connectivity index (χ4n) is 0.770. The quantitative estimate of drug-likeness (QED) is 0.455. The first-order valence-corrected chi connectivity index (χ1v) is 2.99. The van der Waals surface area contributed by atoms with Crippen molar-refractivity contribution in [1.29, 1.82) is 0 Å². The third kappa shape index (κ3) is 1.04. The van der Waals surface area contributed by atoms with Crippen LogP contribution in [0.15, 0.2) is 18.2 Å². The van der Waals surface area contributed by atoms with Gasteiger partial charge in [0.15, 0.2) is 0 Å². The average molecular weight is 137 g/mol. The number of benzene rings is 1. The number of nitrogens with one attached hydrogen (secondary N) is 1. The highest BCUT2D eigenvalue weighted by molar-refractivity contribution is 5.69. The summed E-state index contributed by atoms with van der Waals surface area (Å²) in [5.41, 5.74) is 9.18. The Hall–Kier alpha value is -1.22. The molecular weight excluding hydrogens is 128 g/mol. The highest BCUT2D eigenvalue weighted by Gasteiger charge is 1.94. The van der Waals surface area contributed by atoms with Crippen LogP contribution in [0.3, 0.4) is 0 Å². The van der Waals surface area contributed by atoms with Crippen LogP contribution in [0.5, 0.6) is 0 Å². The van der Waals surface area contributed by atoms with E-state index >= 15 is 0 Å². The van der Waals surface area contributed by atoms with E-state index in [9.17, 15) is 5.21 Å². The molecule has 10 heavy (non-hydrogen) atoms. The summed E-state index contributed by atoms with van der Waals surface area (Å²) in [7, 11) is 0. The molecule has 0 fully saturated rings. The molecule has 0 aliphatic carbocycles. The second-order valence-electron chi connectivity index (χ2n) is 2.14. The van der Waals surface area contributed by atoms with Crippen molar-refractivity contribution in [1.82, 2.24) is 0 Å². The molecule has 0 atom stereocenters. The molecule has 0 unspecified atom stereocenters. The molecule has 1 rings (SSSR count). The van der Waals surface area contributed by atoms with Gasteiger partial charge in [0.2, 0.25) is 0 Å². The number of nitrogen functional groups attached to an aromatic ring is 1. The van der Waals surface area contributed by atoms with Crippen molar-refractivity contribution < 1.29 is 0 Å². The van der Waals surface area contributed by atoms with E-state index in [0.29, 0.717) is 11.4 Å². The summed E-state index contributed by atoms with van der Waals surface area (Å²) in [6.45, 7) is 1.86. The number of para-hydroxylation sites is 1. The van der Waals surface area contributed by atoms with Crippen molar-refractivity contribution >= 4 is 11.4 Å². The summed E-state index contributed by atoms with van der Waals surface area (Å²) in [5, 5.41) is 10.2. The van der Waals surface area contributed by atoms with Gasteiger partial charge in [-0.25, -0.2) is 0 Å². The van der Waals surface area contributed by atoms with Gasteiger partial charge >= 0.3 is 0 Å². The summed E-state index contributed by atoms with van der Waals surface area (Å²) in [4.78, 5) is 0. The van der Waals surface area contributed by atoms with Crippen LogP contribution >= 0.6 is 0 Å². The van der Waals surface area contributed by atoms with Crippen LogP contribution in [0.4, 0.5) is 11.4 Å². The maximum absolute atomic E-state index is 10.2. The normalized spacial score (nSPS) is 9.40. The number of anilines is 2. The fraction of sp³-hybridized carbons (Fsp3) is 0.143. The minimum Gasteiger partial charge on any atom is -0.761 e. The van der Waals surface area contributed by atoms with Crippen LogP contribution in [-0.2, 0) is 0 Å². The van der Waals surface area contributed by atoms with Crippen molar-refractivity contribution in [3.05, 3.63) is 29.0 Å². The number of rotatable bonds is 1. The third-order valence-corrected chi connectivity index (χ3v) is 1.43. The second kappa shape index (κ2) is 2.58. The highest BCUT2D eigenvalue weighted by Crippen LogP contribution is 2.20. The van der Waals surface area contributed by atoms with Gasteiger partial charge in [0.25, 0.3) is 0 Å². The third-order valence-electron chi connectivity index (χ3n) is 1.43. The minimum absolute atomic E-state index is 0.444. The molecule has 0 radical (unpaired) electrons. The van der Waals surface area contributed by atoms with Gasteiger partial charge in [0.1, 0.15) is 0 Å². The fourth-order valence-corrected chi connectivity index (χ4v) is 0.770. The van der Waals surface area contributed by atoms with Crippen LogP contribution in [0.25, 0.3) is 0 Å². The smallest absolute Gasteiger partial charge is 0.0571 e. The maximum atomic E-state index is 10.2. The molecular formula is C7H9N2O-. The van der Waals surface area contributed by atoms with Gasteiger partial charge in [-0.15, -0.1) is 0 Å². The van der Waals surface area contributed by atoms with Gasteiger partial charge in [-0.3, -0.25) is 0 Å². The predicted octanol–water partition coefficient (Wildman–Crippen LogP) is 1.49. The Bertz CT molecular complexity index is 235. The van der Waals surface area contributed by atoms with Crippen LogP contribution in [0.2, 0.25) is 0 Å². The zero-order valence-corrected chi connectivity index (χ0v) is 5.72. The van der Waals surface area contributed by atoms with E-state index < -0.39 is 0 Å². The molecule has 3 N–H and O–H groups in total. The molecule has 0 amide bonds. The zero-order chi connectivity index (χ0) is 7.56. The lowest BCUT2D eigenvalue weighted by Crippen LogP contribution is -1.95. The molecule has 0 aliphatic rings. The standard InChI is InChI=1S/C7H9N2O/c1-5-3-2-4-6(9-10)7(5)8/h2-4,9H,8H2,1H3/q-1. The van der Waals surface area contributed by atoms with E-state index in [0.717, 1.165) is 5.56 Å². The summed E-state index contributed by atoms with van der Waals surface area (Å²) < 4.78 is 0. The molecule has 0 saturated heterocycles. The Morgan fingerprint density at radius 1 is 1.50 bits per heavy atom. The SMILES string of the molecule is Cc1cccc(N[O-])c1N. The predicted molar refractivity (Wildman–Crippen MR) is 42.6 cm³/mol. The Morgan fingerprint density at radius 3 is 2.70 bits per heavy atom. The van der Waals surface area contributed by atoms with Gasteiger partial charge in [-0.2, -0.15) is 0 Å². The van der Waals surface area contributed by atoms with E-state index in [1.165, 1.54) is 0 Å².